The lowest BCUT2D eigenvalue weighted by molar-refractivity contribution is 0.0439. The predicted molar refractivity (Wildman–Crippen MR) is 139 cm³/mol. The van der Waals surface area contributed by atoms with E-state index in [-0.39, 0.29) is 19.2 Å². The third-order valence-corrected chi connectivity index (χ3v) is 7.63. The van der Waals surface area contributed by atoms with E-state index in [0.717, 1.165) is 73.8 Å². The van der Waals surface area contributed by atoms with Crippen molar-refractivity contribution in [1.29, 1.82) is 0 Å². The van der Waals surface area contributed by atoms with E-state index < -0.39 is 6.10 Å². The third-order valence-electron chi connectivity index (χ3n) is 6.50. The lowest BCUT2D eigenvalue weighted by Crippen LogP contribution is -2.06. The van der Waals surface area contributed by atoms with Crippen LogP contribution in [0.3, 0.4) is 0 Å². The molecule has 1 unspecified atom stereocenters. The minimum Gasteiger partial charge on any atom is -0.459 e. The van der Waals surface area contributed by atoms with Gasteiger partial charge in [-0.1, -0.05) is 56.4 Å². The molecule has 0 spiro atoms. The van der Waals surface area contributed by atoms with Crippen molar-refractivity contribution in [1.82, 2.24) is 0 Å². The van der Waals surface area contributed by atoms with E-state index in [1.807, 2.05) is 18.2 Å². The molecular formula is C29H36O4S. The van der Waals surface area contributed by atoms with Crippen molar-refractivity contribution >= 4 is 22.9 Å². The molecule has 182 valence electrons. The first-order valence-electron chi connectivity index (χ1n) is 12.4. The van der Waals surface area contributed by atoms with Crippen LogP contribution in [0.15, 0.2) is 42.0 Å². The first-order chi connectivity index (χ1) is 16.6. The fraction of sp³-hybridized carbons (Fsp3) is 0.483. The number of ether oxygens (including phenoxy) is 1. The van der Waals surface area contributed by atoms with Gasteiger partial charge in [0.2, 0.25) is 0 Å². The summed E-state index contributed by atoms with van der Waals surface area (Å²) in [5.74, 6) is 2.98. The smallest absolute Gasteiger partial charge is 0.348 e. The summed E-state index contributed by atoms with van der Waals surface area (Å²) in [6, 6.07) is 12.1. The molecule has 0 saturated carbocycles. The van der Waals surface area contributed by atoms with Crippen LogP contribution in [0, 0.1) is 18.3 Å². The van der Waals surface area contributed by atoms with Gasteiger partial charge in [0.25, 0.3) is 0 Å². The maximum absolute atomic E-state index is 11.9. The van der Waals surface area contributed by atoms with Crippen molar-refractivity contribution in [3.63, 3.8) is 0 Å². The second kappa shape index (κ2) is 13.5. The highest BCUT2D eigenvalue weighted by Gasteiger charge is 2.26. The number of carbonyl (C=O) groups excluding carboxylic acids is 1. The molecule has 4 nitrogen and oxygen atoms in total. The maximum Gasteiger partial charge on any atom is 0.348 e. The summed E-state index contributed by atoms with van der Waals surface area (Å²) in [7, 11) is 0. The minimum atomic E-state index is -0.405. The molecule has 1 aromatic carbocycles. The zero-order valence-corrected chi connectivity index (χ0v) is 20.9. The van der Waals surface area contributed by atoms with Crippen LogP contribution < -0.4 is 0 Å². The zero-order valence-electron chi connectivity index (χ0n) is 20.1. The van der Waals surface area contributed by atoms with Gasteiger partial charge in [-0.15, -0.1) is 17.8 Å². The minimum absolute atomic E-state index is 0.0270. The van der Waals surface area contributed by atoms with Gasteiger partial charge in [0.15, 0.2) is 0 Å². The molecule has 2 aromatic rings. The number of benzene rings is 1. The SMILES string of the molecule is C#CC1=C(c2ccc(C(O)CCCCC)cc2)[C@@H](CCCc2ccc(C(=O)OCCO)s2)CC1. The zero-order chi connectivity index (χ0) is 24.3. The molecule has 1 aromatic heterocycles. The second-order valence-electron chi connectivity index (χ2n) is 8.92. The van der Waals surface area contributed by atoms with Gasteiger partial charge in [0.05, 0.1) is 12.7 Å². The first kappa shape index (κ1) is 26.2. The number of aliphatic hydroxyl groups excluding tert-OH is 2. The summed E-state index contributed by atoms with van der Waals surface area (Å²) in [6.45, 7) is 2.03. The summed E-state index contributed by atoms with van der Waals surface area (Å²) in [5, 5.41) is 19.3. The molecule has 34 heavy (non-hydrogen) atoms. The van der Waals surface area contributed by atoms with Crippen LogP contribution in [0.5, 0.6) is 0 Å². The Morgan fingerprint density at radius 2 is 2.00 bits per heavy atom. The molecular weight excluding hydrogens is 444 g/mol. The highest BCUT2D eigenvalue weighted by atomic mass is 32.1. The van der Waals surface area contributed by atoms with E-state index in [2.05, 4.69) is 25.0 Å². The number of allylic oxidation sites excluding steroid dienone is 2. The fourth-order valence-corrected chi connectivity index (χ4v) is 5.63. The standard InChI is InChI=1S/C29H36O4S/c1-3-5-6-10-26(31)22-12-15-24(16-13-22)28-21(4-2)11-14-23(28)8-7-9-25-17-18-27(34-25)29(32)33-20-19-30/h2,12-13,15-18,23,26,30-31H,3,5-11,14,19-20H2,1H3/t23-,26?/m0/s1. The average molecular weight is 481 g/mol. The molecule has 0 saturated heterocycles. The van der Waals surface area contributed by atoms with Crippen molar-refractivity contribution in [3.8, 4) is 12.3 Å². The lowest BCUT2D eigenvalue weighted by Gasteiger charge is -2.17. The Balaban J connectivity index is 1.59. The van der Waals surface area contributed by atoms with E-state index in [1.165, 1.54) is 22.5 Å². The lowest BCUT2D eigenvalue weighted by atomic mass is 9.88. The van der Waals surface area contributed by atoms with Crippen LogP contribution in [0.25, 0.3) is 5.57 Å². The van der Waals surface area contributed by atoms with Crippen molar-refractivity contribution in [2.24, 2.45) is 5.92 Å². The number of hydrogen-bond donors (Lipinski definition) is 2. The van der Waals surface area contributed by atoms with Crippen molar-refractivity contribution < 1.29 is 19.7 Å². The number of esters is 1. The molecule has 1 aliphatic rings. The molecule has 0 radical (unpaired) electrons. The Kier molecular flexibility index (Phi) is 10.4. The summed E-state index contributed by atoms with van der Waals surface area (Å²) >= 11 is 1.46. The van der Waals surface area contributed by atoms with Gasteiger partial charge in [0.1, 0.15) is 11.5 Å². The molecule has 0 aliphatic heterocycles. The van der Waals surface area contributed by atoms with Crippen LogP contribution in [-0.4, -0.2) is 29.4 Å². The van der Waals surface area contributed by atoms with Crippen LogP contribution in [0.2, 0.25) is 0 Å². The number of carbonyl (C=O) groups is 1. The Morgan fingerprint density at radius 3 is 2.71 bits per heavy atom. The number of aryl methyl sites for hydroxylation is 1. The van der Waals surface area contributed by atoms with Gasteiger partial charge in [-0.3, -0.25) is 0 Å². The van der Waals surface area contributed by atoms with Crippen molar-refractivity contribution in [2.75, 3.05) is 13.2 Å². The number of hydrogen-bond acceptors (Lipinski definition) is 5. The summed E-state index contributed by atoms with van der Waals surface area (Å²) in [4.78, 5) is 13.7. The van der Waals surface area contributed by atoms with E-state index in [1.54, 1.807) is 6.07 Å². The van der Waals surface area contributed by atoms with Gasteiger partial charge in [-0.25, -0.2) is 4.79 Å². The summed E-state index contributed by atoms with van der Waals surface area (Å²) in [6.07, 6.45) is 14.6. The van der Waals surface area contributed by atoms with Gasteiger partial charge in [-0.2, -0.15) is 0 Å². The third kappa shape index (κ3) is 7.06. The maximum atomic E-state index is 11.9. The fourth-order valence-electron chi connectivity index (χ4n) is 4.69. The molecule has 2 atom stereocenters. The average Bonchev–Trinajstić information content (AvgIpc) is 3.50. The van der Waals surface area contributed by atoms with Gasteiger partial charge in [-0.05, 0) is 73.3 Å². The van der Waals surface area contributed by atoms with Gasteiger partial charge >= 0.3 is 5.97 Å². The molecule has 5 heteroatoms. The molecule has 0 bridgehead atoms. The number of thiophene rings is 1. The van der Waals surface area contributed by atoms with Crippen LogP contribution in [0.4, 0.5) is 0 Å². The largest absolute Gasteiger partial charge is 0.459 e. The van der Waals surface area contributed by atoms with Crippen LogP contribution in [0.1, 0.15) is 90.1 Å². The Morgan fingerprint density at radius 1 is 1.21 bits per heavy atom. The molecule has 0 amide bonds. The van der Waals surface area contributed by atoms with Crippen molar-refractivity contribution in [2.45, 2.75) is 70.8 Å². The van der Waals surface area contributed by atoms with Crippen LogP contribution >= 0.6 is 11.3 Å². The molecule has 1 aliphatic carbocycles. The highest BCUT2D eigenvalue weighted by Crippen LogP contribution is 2.41. The first-order valence-corrected chi connectivity index (χ1v) is 13.2. The number of terminal acetylenes is 1. The monoisotopic (exact) mass is 480 g/mol. The quantitative estimate of drug-likeness (QED) is 0.200. The second-order valence-corrected chi connectivity index (χ2v) is 10.1. The normalized spacial score (nSPS) is 16.5. The van der Waals surface area contributed by atoms with Crippen molar-refractivity contribution in [3.05, 3.63) is 62.9 Å². The number of rotatable bonds is 13. The Bertz CT molecular complexity index is 996. The highest BCUT2D eigenvalue weighted by molar-refractivity contribution is 7.13. The molecule has 2 N–H and O–H groups in total. The molecule has 0 fully saturated rings. The van der Waals surface area contributed by atoms with E-state index >= 15 is 0 Å². The van der Waals surface area contributed by atoms with Gasteiger partial charge < -0.3 is 14.9 Å². The number of unbranched alkanes of at least 4 members (excludes halogenated alkanes) is 2. The molecule has 1 heterocycles. The predicted octanol–water partition coefficient (Wildman–Crippen LogP) is 6.33. The number of aliphatic hydroxyl groups is 2. The van der Waals surface area contributed by atoms with Gasteiger partial charge in [0, 0.05) is 10.5 Å². The Hall–Kier alpha value is -2.39. The van der Waals surface area contributed by atoms with E-state index in [4.69, 9.17) is 16.3 Å². The molecule has 3 rings (SSSR count). The Labute approximate surface area is 207 Å². The topological polar surface area (TPSA) is 66.8 Å². The summed E-state index contributed by atoms with van der Waals surface area (Å²) in [5.41, 5.74) is 4.54. The van der Waals surface area contributed by atoms with Crippen LogP contribution in [-0.2, 0) is 11.2 Å². The van der Waals surface area contributed by atoms with E-state index in [9.17, 15) is 9.90 Å². The summed E-state index contributed by atoms with van der Waals surface area (Å²) < 4.78 is 4.99. The van der Waals surface area contributed by atoms with E-state index in [0.29, 0.717) is 10.8 Å².